The van der Waals surface area contributed by atoms with Crippen molar-refractivity contribution in [2.24, 2.45) is 0 Å². The van der Waals surface area contributed by atoms with Crippen LogP contribution in [0.3, 0.4) is 0 Å². The van der Waals surface area contributed by atoms with Gasteiger partial charge in [-0.15, -0.1) is 0 Å². The van der Waals surface area contributed by atoms with Crippen molar-refractivity contribution >= 4 is 49.8 Å². The fourth-order valence-corrected chi connectivity index (χ4v) is 11.6. The Bertz CT molecular complexity index is 3850. The first-order chi connectivity index (χ1) is 33.2. The molecular formula is C65H41NO. The molecule has 0 saturated heterocycles. The fourth-order valence-electron chi connectivity index (χ4n) is 11.6. The first kappa shape index (κ1) is 37.6. The molecule has 0 atom stereocenters. The van der Waals surface area contributed by atoms with Crippen molar-refractivity contribution in [2.45, 2.75) is 5.41 Å². The monoisotopic (exact) mass is 851 g/mol. The third kappa shape index (κ3) is 5.57. The second-order valence-electron chi connectivity index (χ2n) is 17.9. The Morgan fingerprint density at radius 3 is 1.49 bits per heavy atom. The molecule has 0 fully saturated rings. The number of anilines is 3. The average Bonchev–Trinajstić information content (AvgIpc) is 4.03. The minimum atomic E-state index is -0.448. The summed E-state index contributed by atoms with van der Waals surface area (Å²) in [4.78, 5) is 2.43. The van der Waals surface area contributed by atoms with Crippen LogP contribution in [0, 0.1) is 0 Å². The van der Waals surface area contributed by atoms with Crippen LogP contribution in [0.25, 0.3) is 88.3 Å². The van der Waals surface area contributed by atoms with Gasteiger partial charge in [0.25, 0.3) is 0 Å². The van der Waals surface area contributed by atoms with Crippen LogP contribution < -0.4 is 4.90 Å². The quantitative estimate of drug-likeness (QED) is 0.166. The highest BCUT2D eigenvalue weighted by Gasteiger charge is 2.51. The van der Waals surface area contributed by atoms with Crippen LogP contribution in [-0.2, 0) is 5.41 Å². The van der Waals surface area contributed by atoms with E-state index in [9.17, 15) is 0 Å². The molecule has 1 aromatic heterocycles. The van der Waals surface area contributed by atoms with Crippen molar-refractivity contribution in [3.8, 4) is 55.6 Å². The number of furan rings is 1. The molecule has 0 radical (unpaired) electrons. The number of benzene rings is 11. The fraction of sp³-hybridized carbons (Fsp3) is 0.0154. The second-order valence-corrected chi connectivity index (χ2v) is 17.9. The van der Waals surface area contributed by atoms with Gasteiger partial charge in [-0.1, -0.05) is 194 Å². The van der Waals surface area contributed by atoms with E-state index in [0.29, 0.717) is 0 Å². The van der Waals surface area contributed by atoms with Gasteiger partial charge in [-0.2, -0.15) is 0 Å². The van der Waals surface area contributed by atoms with Crippen molar-refractivity contribution in [3.05, 3.63) is 271 Å². The number of hydrogen-bond donors (Lipinski definition) is 0. The maximum atomic E-state index is 6.77. The molecule has 0 aliphatic heterocycles. The summed E-state index contributed by atoms with van der Waals surface area (Å²) in [6.07, 6.45) is 0. The average molecular weight is 852 g/mol. The lowest BCUT2D eigenvalue weighted by molar-refractivity contribution is 0.670. The van der Waals surface area contributed by atoms with Crippen LogP contribution >= 0.6 is 0 Å². The van der Waals surface area contributed by atoms with Gasteiger partial charge in [0.1, 0.15) is 11.2 Å². The van der Waals surface area contributed by atoms with Crippen molar-refractivity contribution in [3.63, 3.8) is 0 Å². The Labute approximate surface area is 389 Å². The van der Waals surface area contributed by atoms with Gasteiger partial charge in [-0.05, 0) is 138 Å². The van der Waals surface area contributed by atoms with Gasteiger partial charge < -0.3 is 9.32 Å². The lowest BCUT2D eigenvalue weighted by Crippen LogP contribution is -2.26. The molecule has 0 amide bonds. The highest BCUT2D eigenvalue weighted by Crippen LogP contribution is 2.63. The van der Waals surface area contributed by atoms with Crippen LogP contribution in [0.2, 0.25) is 0 Å². The first-order valence-electron chi connectivity index (χ1n) is 23.2. The van der Waals surface area contributed by atoms with E-state index in [4.69, 9.17) is 4.42 Å². The summed E-state index contributed by atoms with van der Waals surface area (Å²) in [6, 6.07) is 91.2. The molecular weight excluding hydrogens is 811 g/mol. The molecule has 2 nitrogen and oxygen atoms in total. The van der Waals surface area contributed by atoms with Crippen LogP contribution in [0.5, 0.6) is 0 Å². The summed E-state index contributed by atoms with van der Waals surface area (Å²) in [5, 5.41) is 4.66. The third-order valence-electron chi connectivity index (χ3n) is 14.5. The van der Waals surface area contributed by atoms with Gasteiger partial charge in [0, 0.05) is 33.4 Å². The van der Waals surface area contributed by atoms with Crippen LogP contribution in [0.1, 0.15) is 22.3 Å². The first-order valence-corrected chi connectivity index (χ1v) is 23.2. The van der Waals surface area contributed by atoms with E-state index in [1.165, 1.54) is 66.4 Å². The van der Waals surface area contributed by atoms with Crippen LogP contribution in [0.4, 0.5) is 17.1 Å². The molecule has 11 aromatic carbocycles. The van der Waals surface area contributed by atoms with E-state index in [1.807, 2.05) is 6.07 Å². The molecule has 0 N–H and O–H groups in total. The molecule has 2 aliphatic carbocycles. The summed E-state index contributed by atoms with van der Waals surface area (Å²) < 4.78 is 6.77. The highest BCUT2D eigenvalue weighted by molar-refractivity contribution is 6.13. The molecule has 14 rings (SSSR count). The maximum absolute atomic E-state index is 6.77. The zero-order chi connectivity index (χ0) is 44.1. The zero-order valence-corrected chi connectivity index (χ0v) is 36.5. The molecule has 2 heteroatoms. The SMILES string of the molecule is c1ccc(-c2ccc(N(c3ccc(-c4ccc5c(oc6ccccc65)c4-c4ccc5ccccc5c4)cc3)c3ccc4c(c3)C3(c5ccccc5-c5ccccc53)c3ccccc3-4)cc2)cc1. The Hall–Kier alpha value is -8.72. The summed E-state index contributed by atoms with van der Waals surface area (Å²) in [6.45, 7) is 0. The number of para-hydroxylation sites is 1. The van der Waals surface area contributed by atoms with Gasteiger partial charge in [0.05, 0.1) is 5.41 Å². The highest BCUT2D eigenvalue weighted by atomic mass is 16.3. The lowest BCUT2D eigenvalue weighted by atomic mass is 9.70. The van der Waals surface area contributed by atoms with Crippen molar-refractivity contribution in [2.75, 3.05) is 4.90 Å². The molecule has 0 saturated carbocycles. The molecule has 1 heterocycles. The Kier molecular flexibility index (Phi) is 8.23. The minimum Gasteiger partial charge on any atom is -0.455 e. The minimum absolute atomic E-state index is 0.448. The van der Waals surface area contributed by atoms with Gasteiger partial charge in [0.15, 0.2) is 0 Å². The van der Waals surface area contributed by atoms with E-state index in [2.05, 4.69) is 248 Å². The molecule has 1 spiro atoms. The predicted molar refractivity (Wildman–Crippen MR) is 279 cm³/mol. The summed E-state index contributed by atoms with van der Waals surface area (Å²) in [5.41, 5.74) is 22.0. The Morgan fingerprint density at radius 1 is 0.299 bits per heavy atom. The molecule has 12 aromatic rings. The number of nitrogens with zero attached hydrogens (tertiary/aromatic N) is 1. The van der Waals surface area contributed by atoms with E-state index < -0.39 is 5.41 Å². The van der Waals surface area contributed by atoms with Gasteiger partial charge in [0.2, 0.25) is 0 Å². The second kappa shape index (κ2) is 14.7. The normalized spacial score (nSPS) is 12.9. The molecule has 0 unspecified atom stereocenters. The lowest BCUT2D eigenvalue weighted by Gasteiger charge is -2.32. The Morgan fingerprint density at radius 2 is 0.806 bits per heavy atom. The number of rotatable bonds is 6. The Balaban J connectivity index is 0.957. The van der Waals surface area contributed by atoms with Crippen molar-refractivity contribution < 1.29 is 4.42 Å². The van der Waals surface area contributed by atoms with Crippen molar-refractivity contribution in [1.29, 1.82) is 0 Å². The summed E-state index contributed by atoms with van der Waals surface area (Å²) in [7, 11) is 0. The smallest absolute Gasteiger partial charge is 0.143 e. The third-order valence-corrected chi connectivity index (χ3v) is 14.5. The topological polar surface area (TPSA) is 16.4 Å². The number of hydrogen-bond acceptors (Lipinski definition) is 2. The maximum Gasteiger partial charge on any atom is 0.143 e. The standard InChI is InChI=1S/C65H41NO/c1-2-14-42(15-3-1)44-28-32-48(33-29-44)66(50-36-37-55-54-20-8-12-24-60(54)65(61(55)41-50)58-22-10-6-18-52(58)53-19-7-11-23-59(53)65)49-34-30-45(31-35-49)51-38-39-57-56-21-9-13-25-62(56)67-64(57)63(51)47-27-26-43-16-4-5-17-46(43)40-47/h1-41H. The van der Waals surface area contributed by atoms with Crippen molar-refractivity contribution in [1.82, 2.24) is 0 Å². The van der Waals surface area contributed by atoms with Gasteiger partial charge >= 0.3 is 0 Å². The predicted octanol–water partition coefficient (Wildman–Crippen LogP) is 17.6. The van der Waals surface area contributed by atoms with E-state index in [-0.39, 0.29) is 0 Å². The molecule has 2 aliphatic rings. The molecule has 0 bridgehead atoms. The van der Waals surface area contributed by atoms with Gasteiger partial charge in [-0.3, -0.25) is 0 Å². The summed E-state index contributed by atoms with van der Waals surface area (Å²) >= 11 is 0. The van der Waals surface area contributed by atoms with Crippen LogP contribution in [-0.4, -0.2) is 0 Å². The van der Waals surface area contributed by atoms with Gasteiger partial charge in [-0.25, -0.2) is 0 Å². The summed E-state index contributed by atoms with van der Waals surface area (Å²) in [5.74, 6) is 0. The largest absolute Gasteiger partial charge is 0.455 e. The van der Waals surface area contributed by atoms with E-state index >= 15 is 0 Å². The zero-order valence-electron chi connectivity index (χ0n) is 36.5. The van der Waals surface area contributed by atoms with Crippen LogP contribution in [0.15, 0.2) is 253 Å². The molecule has 67 heavy (non-hydrogen) atoms. The number of fused-ring (bicyclic) bond motifs is 14. The van der Waals surface area contributed by atoms with E-state index in [1.54, 1.807) is 0 Å². The molecule has 312 valence electrons. The van der Waals surface area contributed by atoms with E-state index in [0.717, 1.165) is 61.3 Å².